The number of halogens is 2. The van der Waals surface area contributed by atoms with Gasteiger partial charge in [0.25, 0.3) is 5.91 Å². The number of carbonyl (C=O) groups excluding carboxylic acids is 1. The average molecular weight is 528 g/mol. The molecule has 11 heteroatoms. The van der Waals surface area contributed by atoms with Gasteiger partial charge in [-0.25, -0.2) is 0 Å². The molecule has 1 amide bonds. The predicted molar refractivity (Wildman–Crippen MR) is 120 cm³/mol. The number of nitrogens with one attached hydrogen (secondary N) is 3. The van der Waals surface area contributed by atoms with Gasteiger partial charge in [-0.3, -0.25) is 4.79 Å². The number of hydrogen-bond acceptors (Lipinski definition) is 6. The molecule has 138 valence electrons. The fraction of sp³-hybridized carbons (Fsp3) is 0. The Bertz CT molecular complexity index is 956. The summed E-state index contributed by atoms with van der Waals surface area (Å²) >= 11 is 13.2. The Morgan fingerprint density at radius 2 is 1.56 bits per heavy atom. The third kappa shape index (κ3) is 5.22. The van der Waals surface area contributed by atoms with Gasteiger partial charge in [0.1, 0.15) is 0 Å². The number of nitrogens with zero attached hydrogens (tertiary/aromatic N) is 2. The number of amides is 1. The molecule has 0 atom stereocenters. The van der Waals surface area contributed by atoms with Crippen LogP contribution in [0.3, 0.4) is 0 Å². The third-order valence-electron chi connectivity index (χ3n) is 3.33. The lowest BCUT2D eigenvalue weighted by molar-refractivity contribution is 0.102. The molecule has 0 saturated carbocycles. The maximum atomic E-state index is 12.0. The number of hydrogen-bond donors (Lipinski definition) is 4. The molecular formula is C16H12Br2N6OS2. The zero-order valence-electron chi connectivity index (χ0n) is 13.5. The van der Waals surface area contributed by atoms with Crippen molar-refractivity contribution in [1.82, 2.24) is 9.59 Å². The predicted octanol–water partition coefficient (Wildman–Crippen LogP) is 4.71. The van der Waals surface area contributed by atoms with Gasteiger partial charge in [-0.1, -0.05) is 4.49 Å². The smallest absolute Gasteiger partial charge is 0.277 e. The van der Waals surface area contributed by atoms with Crippen molar-refractivity contribution < 1.29 is 4.79 Å². The van der Waals surface area contributed by atoms with Gasteiger partial charge >= 0.3 is 0 Å². The first-order chi connectivity index (χ1) is 12.9. The summed E-state index contributed by atoms with van der Waals surface area (Å²) in [5, 5.41) is 14.6. The molecule has 1 heterocycles. The summed E-state index contributed by atoms with van der Waals surface area (Å²) < 4.78 is 5.19. The van der Waals surface area contributed by atoms with E-state index in [2.05, 4.69) is 57.4 Å². The molecule has 2 aromatic carbocycles. The fourth-order valence-corrected chi connectivity index (χ4v) is 3.90. The zero-order valence-corrected chi connectivity index (χ0v) is 18.3. The van der Waals surface area contributed by atoms with E-state index in [0.717, 1.165) is 31.9 Å². The quantitative estimate of drug-likeness (QED) is 0.287. The van der Waals surface area contributed by atoms with E-state index in [-0.39, 0.29) is 11.6 Å². The molecule has 3 aromatic rings. The van der Waals surface area contributed by atoms with Crippen molar-refractivity contribution in [3.05, 3.63) is 56.4 Å². The summed E-state index contributed by atoms with van der Waals surface area (Å²) in [7, 11) is 0. The second kappa shape index (κ2) is 8.74. The highest BCUT2D eigenvalue weighted by Crippen LogP contribution is 2.31. The van der Waals surface area contributed by atoms with Crippen molar-refractivity contribution in [2.45, 2.75) is 0 Å². The van der Waals surface area contributed by atoms with Crippen LogP contribution in [-0.4, -0.2) is 20.6 Å². The highest BCUT2D eigenvalue weighted by atomic mass is 79.9. The Morgan fingerprint density at radius 1 is 1.00 bits per heavy atom. The average Bonchev–Trinajstić information content (AvgIpc) is 3.16. The van der Waals surface area contributed by atoms with Crippen LogP contribution in [0.1, 0.15) is 10.5 Å². The Balaban J connectivity index is 1.59. The van der Waals surface area contributed by atoms with Crippen LogP contribution in [0.15, 0.2) is 50.7 Å². The first kappa shape index (κ1) is 19.7. The van der Waals surface area contributed by atoms with E-state index in [4.69, 9.17) is 18.0 Å². The van der Waals surface area contributed by atoms with E-state index in [1.807, 2.05) is 12.1 Å². The minimum absolute atomic E-state index is 0.286. The monoisotopic (exact) mass is 526 g/mol. The lowest BCUT2D eigenvalue weighted by atomic mass is 10.2. The second-order valence-electron chi connectivity index (χ2n) is 5.25. The van der Waals surface area contributed by atoms with Gasteiger partial charge in [0.15, 0.2) is 10.8 Å². The Kier molecular flexibility index (Phi) is 6.37. The highest BCUT2D eigenvalue weighted by molar-refractivity contribution is 9.11. The molecule has 7 nitrogen and oxygen atoms in total. The van der Waals surface area contributed by atoms with E-state index in [0.29, 0.717) is 16.5 Å². The molecular weight excluding hydrogens is 516 g/mol. The molecule has 1 aromatic heterocycles. The molecule has 0 radical (unpaired) electrons. The normalized spacial score (nSPS) is 10.3. The summed E-state index contributed by atoms with van der Waals surface area (Å²) in [6.45, 7) is 0. The largest absolute Gasteiger partial charge is 0.397 e. The standard InChI is InChI=1S/C16H12Br2N6OS2/c17-11-5-10(6-12(18)14(11)19)22-16(26)21-9-3-1-8(2-4-9)20-15(25)13-7-27-24-23-13/h1-7H,19H2,(H,20,25)(H2,21,22,26). The van der Waals surface area contributed by atoms with Crippen LogP contribution in [0.5, 0.6) is 0 Å². The number of benzene rings is 2. The highest BCUT2D eigenvalue weighted by Gasteiger charge is 2.09. The SMILES string of the molecule is Nc1c(Br)cc(NC(=S)Nc2ccc(NC(=O)c3csnn3)cc2)cc1Br. The number of thiocarbonyl (C=S) groups is 1. The molecule has 0 unspecified atom stereocenters. The van der Waals surface area contributed by atoms with Gasteiger partial charge in [-0.15, -0.1) is 5.10 Å². The van der Waals surface area contributed by atoms with E-state index >= 15 is 0 Å². The molecule has 0 fully saturated rings. The number of rotatable bonds is 4. The van der Waals surface area contributed by atoms with Gasteiger partial charge in [-0.05, 0) is 92.0 Å². The van der Waals surface area contributed by atoms with E-state index in [9.17, 15) is 4.79 Å². The van der Waals surface area contributed by atoms with Crippen LogP contribution in [0, 0.1) is 0 Å². The van der Waals surface area contributed by atoms with Gasteiger partial charge in [0.2, 0.25) is 0 Å². The third-order valence-corrected chi connectivity index (χ3v) is 5.35. The van der Waals surface area contributed by atoms with Crippen LogP contribution in [0.2, 0.25) is 0 Å². The molecule has 0 aliphatic carbocycles. The minimum Gasteiger partial charge on any atom is -0.397 e. The van der Waals surface area contributed by atoms with E-state index < -0.39 is 0 Å². The molecule has 0 saturated heterocycles. The molecule has 3 rings (SSSR count). The van der Waals surface area contributed by atoms with Crippen molar-refractivity contribution in [2.75, 3.05) is 21.7 Å². The summed E-state index contributed by atoms with van der Waals surface area (Å²) in [6.07, 6.45) is 0. The van der Waals surface area contributed by atoms with Gasteiger partial charge in [0.05, 0.1) is 5.69 Å². The van der Waals surface area contributed by atoms with Crippen molar-refractivity contribution >= 4 is 89.4 Å². The van der Waals surface area contributed by atoms with Gasteiger partial charge in [0, 0.05) is 31.4 Å². The number of anilines is 4. The minimum atomic E-state index is -0.304. The zero-order chi connectivity index (χ0) is 19.4. The van der Waals surface area contributed by atoms with Crippen LogP contribution in [0.4, 0.5) is 22.7 Å². The maximum Gasteiger partial charge on any atom is 0.277 e. The second-order valence-corrected chi connectivity index (χ2v) is 7.98. The van der Waals surface area contributed by atoms with Gasteiger partial charge in [-0.2, -0.15) is 0 Å². The van der Waals surface area contributed by atoms with Crippen LogP contribution in [0.25, 0.3) is 0 Å². The molecule has 5 N–H and O–H groups in total. The van der Waals surface area contributed by atoms with Crippen molar-refractivity contribution in [3.63, 3.8) is 0 Å². The molecule has 0 aliphatic rings. The van der Waals surface area contributed by atoms with Crippen molar-refractivity contribution in [3.8, 4) is 0 Å². The van der Waals surface area contributed by atoms with E-state index in [1.165, 1.54) is 0 Å². The van der Waals surface area contributed by atoms with Crippen molar-refractivity contribution in [1.29, 1.82) is 0 Å². The summed E-state index contributed by atoms with van der Waals surface area (Å²) in [4.78, 5) is 12.0. The summed E-state index contributed by atoms with van der Waals surface area (Å²) in [5.41, 5.74) is 8.97. The molecule has 27 heavy (non-hydrogen) atoms. The fourth-order valence-electron chi connectivity index (χ4n) is 2.05. The lowest BCUT2D eigenvalue weighted by Crippen LogP contribution is -2.19. The topological polar surface area (TPSA) is 105 Å². The Morgan fingerprint density at radius 3 is 2.11 bits per heavy atom. The maximum absolute atomic E-state index is 12.0. The van der Waals surface area contributed by atoms with Crippen LogP contribution < -0.4 is 21.7 Å². The Labute approximate surface area is 181 Å². The first-order valence-corrected chi connectivity index (χ1v) is 10.3. The number of aromatic nitrogens is 2. The number of carbonyl (C=O) groups is 1. The number of nitrogen functional groups attached to an aromatic ring is 1. The summed E-state index contributed by atoms with van der Waals surface area (Å²) in [5.74, 6) is -0.304. The van der Waals surface area contributed by atoms with Gasteiger partial charge < -0.3 is 21.7 Å². The molecule has 0 aliphatic heterocycles. The number of nitrogens with two attached hydrogens (primary N) is 1. The lowest BCUT2D eigenvalue weighted by Gasteiger charge is -2.13. The summed E-state index contributed by atoms with van der Waals surface area (Å²) in [6, 6.07) is 10.8. The molecule has 0 bridgehead atoms. The molecule has 0 spiro atoms. The Hall–Kier alpha value is -2.08. The van der Waals surface area contributed by atoms with Crippen LogP contribution in [-0.2, 0) is 0 Å². The van der Waals surface area contributed by atoms with E-state index in [1.54, 1.807) is 29.6 Å². The van der Waals surface area contributed by atoms with Crippen LogP contribution >= 0.6 is 55.6 Å². The first-order valence-electron chi connectivity index (χ1n) is 7.43. The van der Waals surface area contributed by atoms with Crippen molar-refractivity contribution in [2.24, 2.45) is 0 Å².